The minimum Gasteiger partial charge on any atom is -0.398 e. The summed E-state index contributed by atoms with van der Waals surface area (Å²) in [6.07, 6.45) is 7.52. The fourth-order valence-electron chi connectivity index (χ4n) is 2.60. The summed E-state index contributed by atoms with van der Waals surface area (Å²) in [5.41, 5.74) is 5.99. The van der Waals surface area contributed by atoms with Gasteiger partial charge in [0.25, 0.3) is 0 Å². The van der Waals surface area contributed by atoms with E-state index in [1.807, 2.05) is 0 Å². The molecule has 3 N–H and O–H groups in total. The quantitative estimate of drug-likeness (QED) is 0.840. The van der Waals surface area contributed by atoms with Crippen molar-refractivity contribution in [1.82, 2.24) is 4.72 Å². The summed E-state index contributed by atoms with van der Waals surface area (Å²) in [4.78, 5) is 0.0760. The maximum atomic E-state index is 12.4. The van der Waals surface area contributed by atoms with Gasteiger partial charge in [-0.15, -0.1) is 0 Å². The molecule has 1 aliphatic carbocycles. The maximum Gasteiger partial charge on any atom is 0.242 e. The maximum absolute atomic E-state index is 12.4. The van der Waals surface area contributed by atoms with Crippen LogP contribution in [0.3, 0.4) is 0 Å². The number of hydrogen-bond acceptors (Lipinski definition) is 3. The molecule has 2 rings (SSSR count). The van der Waals surface area contributed by atoms with Crippen molar-refractivity contribution in [2.75, 3.05) is 5.73 Å². The Bertz CT molecular complexity index is 552. The molecule has 0 radical (unpaired) electrons. The van der Waals surface area contributed by atoms with Crippen LogP contribution in [0.5, 0.6) is 0 Å². The lowest BCUT2D eigenvalue weighted by Crippen LogP contribution is -2.35. The first-order chi connectivity index (χ1) is 9.49. The Hall–Kier alpha value is -0.780. The van der Waals surface area contributed by atoms with E-state index in [1.54, 1.807) is 6.07 Å². The van der Waals surface area contributed by atoms with Gasteiger partial charge in [-0.2, -0.15) is 0 Å². The van der Waals surface area contributed by atoms with Gasteiger partial charge in [0.15, 0.2) is 0 Å². The van der Waals surface area contributed by atoms with Crippen LogP contribution in [0.15, 0.2) is 23.1 Å². The zero-order chi connectivity index (χ0) is 14.6. The van der Waals surface area contributed by atoms with E-state index >= 15 is 0 Å². The Morgan fingerprint density at radius 3 is 2.35 bits per heavy atom. The number of anilines is 1. The lowest BCUT2D eigenvalue weighted by atomic mass is 9.97. The zero-order valence-electron chi connectivity index (χ0n) is 11.4. The Morgan fingerprint density at radius 1 is 1.10 bits per heavy atom. The summed E-state index contributed by atoms with van der Waals surface area (Å²) in [6, 6.07) is 4.52. The molecule has 1 fully saturated rings. The van der Waals surface area contributed by atoms with E-state index in [4.69, 9.17) is 17.3 Å². The predicted molar refractivity (Wildman–Crippen MR) is 82.3 cm³/mol. The van der Waals surface area contributed by atoms with Crippen molar-refractivity contribution in [1.29, 1.82) is 0 Å². The van der Waals surface area contributed by atoms with Crippen molar-refractivity contribution in [2.45, 2.75) is 55.9 Å². The van der Waals surface area contributed by atoms with E-state index in [-0.39, 0.29) is 16.6 Å². The van der Waals surface area contributed by atoms with Gasteiger partial charge in [0.2, 0.25) is 10.0 Å². The molecule has 0 aliphatic heterocycles. The first-order valence-electron chi connectivity index (χ1n) is 7.06. The van der Waals surface area contributed by atoms with E-state index < -0.39 is 10.0 Å². The third-order valence-electron chi connectivity index (χ3n) is 3.69. The molecule has 1 aromatic rings. The number of nitrogens with two attached hydrogens (primary N) is 1. The average molecular weight is 317 g/mol. The van der Waals surface area contributed by atoms with Crippen LogP contribution in [0.1, 0.15) is 44.9 Å². The van der Waals surface area contributed by atoms with Gasteiger partial charge in [-0.25, -0.2) is 13.1 Å². The van der Waals surface area contributed by atoms with E-state index in [0.29, 0.717) is 5.02 Å². The Kier molecular flexibility index (Phi) is 5.29. The molecule has 1 aliphatic rings. The number of halogens is 1. The number of nitrogens with one attached hydrogen (secondary N) is 1. The van der Waals surface area contributed by atoms with Crippen LogP contribution in [0.2, 0.25) is 5.02 Å². The highest BCUT2D eigenvalue weighted by molar-refractivity contribution is 7.89. The minimum atomic E-state index is -3.60. The number of hydrogen-bond donors (Lipinski definition) is 2. The van der Waals surface area contributed by atoms with Gasteiger partial charge in [0.05, 0.1) is 5.69 Å². The molecule has 0 atom stereocenters. The first-order valence-corrected chi connectivity index (χ1v) is 8.92. The second-order valence-electron chi connectivity index (χ2n) is 5.35. The molecular weight excluding hydrogens is 296 g/mol. The molecule has 4 nitrogen and oxygen atoms in total. The van der Waals surface area contributed by atoms with Gasteiger partial charge in [0.1, 0.15) is 4.90 Å². The standard InChI is InChI=1S/C14H21ClN2O2S/c15-11-8-9-13(16)14(10-11)20(18,19)17-12-6-4-2-1-3-5-7-12/h8-10,12,17H,1-7,16H2. The first kappa shape index (κ1) is 15.6. The van der Waals surface area contributed by atoms with Crippen molar-refractivity contribution >= 4 is 27.3 Å². The van der Waals surface area contributed by atoms with Gasteiger partial charge in [-0.3, -0.25) is 0 Å². The highest BCUT2D eigenvalue weighted by atomic mass is 35.5. The summed E-state index contributed by atoms with van der Waals surface area (Å²) in [5, 5.41) is 0.372. The summed E-state index contributed by atoms with van der Waals surface area (Å²) >= 11 is 5.87. The molecule has 6 heteroatoms. The summed E-state index contributed by atoms with van der Waals surface area (Å²) in [7, 11) is -3.60. The topological polar surface area (TPSA) is 72.2 Å². The predicted octanol–water partition coefficient (Wildman–Crippen LogP) is 3.31. The second-order valence-corrected chi connectivity index (χ2v) is 7.46. The number of benzene rings is 1. The number of sulfonamides is 1. The lowest BCUT2D eigenvalue weighted by molar-refractivity contribution is 0.426. The molecule has 0 bridgehead atoms. The Labute approximate surface area is 125 Å². The Morgan fingerprint density at radius 2 is 1.70 bits per heavy atom. The molecule has 1 saturated carbocycles. The zero-order valence-corrected chi connectivity index (χ0v) is 13.0. The molecule has 0 aromatic heterocycles. The molecule has 112 valence electrons. The number of nitrogen functional groups attached to an aromatic ring is 1. The van der Waals surface area contributed by atoms with Crippen LogP contribution < -0.4 is 10.5 Å². The smallest absolute Gasteiger partial charge is 0.242 e. The van der Waals surface area contributed by atoms with Crippen molar-refractivity contribution < 1.29 is 8.42 Å². The van der Waals surface area contributed by atoms with Gasteiger partial charge < -0.3 is 5.73 Å². The van der Waals surface area contributed by atoms with Gasteiger partial charge in [-0.1, -0.05) is 43.7 Å². The van der Waals surface area contributed by atoms with E-state index in [2.05, 4.69) is 4.72 Å². The van der Waals surface area contributed by atoms with Gasteiger partial charge >= 0.3 is 0 Å². The SMILES string of the molecule is Nc1ccc(Cl)cc1S(=O)(=O)NC1CCCCCCC1. The summed E-state index contributed by atoms with van der Waals surface area (Å²) < 4.78 is 27.6. The van der Waals surface area contributed by atoms with Crippen molar-refractivity contribution in [3.63, 3.8) is 0 Å². The molecular formula is C14H21ClN2O2S. The minimum absolute atomic E-state index is 0.00122. The fraction of sp³-hybridized carbons (Fsp3) is 0.571. The highest BCUT2D eigenvalue weighted by Crippen LogP contribution is 2.24. The average Bonchev–Trinajstić information content (AvgIpc) is 2.35. The molecule has 1 aromatic carbocycles. The normalized spacial score (nSPS) is 18.4. The van der Waals surface area contributed by atoms with E-state index in [0.717, 1.165) is 25.7 Å². The van der Waals surface area contributed by atoms with Crippen molar-refractivity contribution in [3.05, 3.63) is 23.2 Å². The van der Waals surface area contributed by atoms with Crippen LogP contribution in [0, 0.1) is 0 Å². The fourth-order valence-corrected chi connectivity index (χ4v) is 4.30. The molecule has 0 saturated heterocycles. The molecule has 0 unspecified atom stereocenters. The van der Waals surface area contributed by atoms with Crippen molar-refractivity contribution in [3.8, 4) is 0 Å². The Balaban J connectivity index is 2.15. The van der Waals surface area contributed by atoms with Crippen LogP contribution in [-0.4, -0.2) is 14.5 Å². The third-order valence-corrected chi connectivity index (χ3v) is 5.50. The second kappa shape index (κ2) is 6.78. The largest absolute Gasteiger partial charge is 0.398 e. The summed E-state index contributed by atoms with van der Waals surface area (Å²) in [5.74, 6) is 0. The van der Waals surface area contributed by atoms with Gasteiger partial charge in [0, 0.05) is 11.1 Å². The van der Waals surface area contributed by atoms with E-state index in [1.165, 1.54) is 31.4 Å². The van der Waals surface area contributed by atoms with Crippen LogP contribution in [0.25, 0.3) is 0 Å². The number of rotatable bonds is 3. The molecule has 0 amide bonds. The lowest BCUT2D eigenvalue weighted by Gasteiger charge is -2.21. The molecule has 20 heavy (non-hydrogen) atoms. The third kappa shape index (κ3) is 4.11. The van der Waals surface area contributed by atoms with Crippen LogP contribution in [-0.2, 0) is 10.0 Å². The molecule has 0 heterocycles. The highest BCUT2D eigenvalue weighted by Gasteiger charge is 2.22. The monoisotopic (exact) mass is 316 g/mol. The van der Waals surface area contributed by atoms with Crippen LogP contribution >= 0.6 is 11.6 Å². The van der Waals surface area contributed by atoms with Gasteiger partial charge in [-0.05, 0) is 31.0 Å². The van der Waals surface area contributed by atoms with Crippen LogP contribution in [0.4, 0.5) is 5.69 Å². The summed E-state index contributed by atoms with van der Waals surface area (Å²) in [6.45, 7) is 0. The molecule has 0 spiro atoms. The van der Waals surface area contributed by atoms with E-state index in [9.17, 15) is 8.42 Å². The van der Waals surface area contributed by atoms with Crippen molar-refractivity contribution in [2.24, 2.45) is 0 Å².